The SMILES string of the molecule is [C-]#[N+]C(C)(C)c1cc(C(=O)OC)cc(C(C)(C)C#N)c1. The summed E-state index contributed by atoms with van der Waals surface area (Å²) in [6.07, 6.45) is 0. The van der Waals surface area contributed by atoms with E-state index >= 15 is 0 Å². The summed E-state index contributed by atoms with van der Waals surface area (Å²) >= 11 is 0. The van der Waals surface area contributed by atoms with Crippen LogP contribution in [0.15, 0.2) is 18.2 Å². The van der Waals surface area contributed by atoms with Crippen molar-refractivity contribution in [2.24, 2.45) is 0 Å². The maximum absolute atomic E-state index is 11.8. The van der Waals surface area contributed by atoms with Gasteiger partial charge in [-0.15, -0.1) is 0 Å². The second kappa shape index (κ2) is 5.35. The highest BCUT2D eigenvalue weighted by Gasteiger charge is 2.30. The third-order valence-electron chi connectivity index (χ3n) is 3.34. The zero-order valence-electron chi connectivity index (χ0n) is 12.4. The Morgan fingerprint density at radius 1 is 1.25 bits per heavy atom. The summed E-state index contributed by atoms with van der Waals surface area (Å²) in [5.41, 5.74) is 0.268. The summed E-state index contributed by atoms with van der Waals surface area (Å²) in [4.78, 5) is 15.3. The molecule has 0 heterocycles. The van der Waals surface area contributed by atoms with E-state index in [2.05, 4.69) is 10.9 Å². The largest absolute Gasteiger partial charge is 0.465 e. The van der Waals surface area contributed by atoms with Gasteiger partial charge in [0, 0.05) is 19.4 Å². The quantitative estimate of drug-likeness (QED) is 0.624. The van der Waals surface area contributed by atoms with E-state index in [4.69, 9.17) is 11.3 Å². The minimum absolute atomic E-state index is 0.361. The van der Waals surface area contributed by atoms with Crippen molar-refractivity contribution in [3.63, 3.8) is 0 Å². The van der Waals surface area contributed by atoms with Gasteiger partial charge in [0.15, 0.2) is 0 Å². The normalized spacial score (nSPS) is 11.3. The number of nitrogens with zero attached hydrogens (tertiary/aromatic N) is 2. The smallest absolute Gasteiger partial charge is 0.337 e. The van der Waals surface area contributed by atoms with E-state index in [9.17, 15) is 10.1 Å². The molecule has 0 atom stereocenters. The lowest BCUT2D eigenvalue weighted by molar-refractivity contribution is 0.0600. The fourth-order valence-corrected chi connectivity index (χ4v) is 1.71. The minimum atomic E-state index is -0.760. The maximum Gasteiger partial charge on any atom is 0.337 e. The molecule has 0 amide bonds. The maximum atomic E-state index is 11.8. The minimum Gasteiger partial charge on any atom is -0.465 e. The first-order chi connectivity index (χ1) is 9.17. The summed E-state index contributed by atoms with van der Waals surface area (Å²) in [7, 11) is 1.31. The van der Waals surface area contributed by atoms with Gasteiger partial charge in [0.2, 0.25) is 0 Å². The number of ether oxygens (including phenoxy) is 1. The molecule has 1 aromatic rings. The lowest BCUT2D eigenvalue weighted by atomic mass is 9.82. The number of nitriles is 1. The number of methoxy groups -OCH3 is 1. The molecule has 4 heteroatoms. The number of carbonyl (C=O) groups excluding carboxylic acids is 1. The molecule has 0 unspecified atom stereocenters. The predicted molar refractivity (Wildman–Crippen MR) is 76.0 cm³/mol. The molecule has 0 aliphatic rings. The third-order valence-corrected chi connectivity index (χ3v) is 3.34. The Hall–Kier alpha value is -2.33. The van der Waals surface area contributed by atoms with Crippen molar-refractivity contribution in [3.05, 3.63) is 46.3 Å². The van der Waals surface area contributed by atoms with Gasteiger partial charge < -0.3 is 9.58 Å². The van der Waals surface area contributed by atoms with Crippen LogP contribution in [-0.2, 0) is 15.7 Å². The number of hydrogen-bond donors (Lipinski definition) is 0. The van der Waals surface area contributed by atoms with Crippen LogP contribution in [0.3, 0.4) is 0 Å². The highest BCUT2D eigenvalue weighted by molar-refractivity contribution is 5.90. The molecule has 0 spiro atoms. The van der Waals surface area contributed by atoms with Crippen molar-refractivity contribution in [3.8, 4) is 6.07 Å². The van der Waals surface area contributed by atoms with Gasteiger partial charge in [-0.05, 0) is 37.6 Å². The van der Waals surface area contributed by atoms with Crippen LogP contribution in [0.1, 0.15) is 49.2 Å². The molecular formula is C16H18N2O2. The molecule has 0 aliphatic heterocycles. The van der Waals surface area contributed by atoms with E-state index < -0.39 is 16.9 Å². The van der Waals surface area contributed by atoms with Crippen LogP contribution in [-0.4, -0.2) is 13.1 Å². The Kier molecular flexibility index (Phi) is 4.20. The molecule has 1 rings (SSSR count). The van der Waals surface area contributed by atoms with E-state index in [0.717, 1.165) is 0 Å². The van der Waals surface area contributed by atoms with Gasteiger partial charge in [-0.2, -0.15) is 5.26 Å². The monoisotopic (exact) mass is 270 g/mol. The first kappa shape index (κ1) is 15.7. The number of carbonyl (C=O) groups is 1. The number of esters is 1. The van der Waals surface area contributed by atoms with E-state index in [1.807, 2.05) is 6.07 Å². The van der Waals surface area contributed by atoms with Crippen LogP contribution in [0.4, 0.5) is 0 Å². The highest BCUT2D eigenvalue weighted by atomic mass is 16.5. The molecule has 104 valence electrons. The van der Waals surface area contributed by atoms with E-state index in [-0.39, 0.29) is 0 Å². The van der Waals surface area contributed by atoms with Crippen molar-refractivity contribution in [2.75, 3.05) is 7.11 Å². The van der Waals surface area contributed by atoms with Crippen molar-refractivity contribution in [1.82, 2.24) is 0 Å². The molecule has 0 radical (unpaired) electrons. The van der Waals surface area contributed by atoms with Gasteiger partial charge in [-0.3, -0.25) is 0 Å². The van der Waals surface area contributed by atoms with Crippen LogP contribution >= 0.6 is 0 Å². The molecular weight excluding hydrogens is 252 g/mol. The van der Waals surface area contributed by atoms with Crippen molar-refractivity contribution in [1.29, 1.82) is 5.26 Å². The van der Waals surface area contributed by atoms with Gasteiger partial charge in [-0.25, -0.2) is 11.4 Å². The zero-order valence-corrected chi connectivity index (χ0v) is 12.4. The van der Waals surface area contributed by atoms with Crippen LogP contribution in [0.2, 0.25) is 0 Å². The molecule has 0 fully saturated rings. The first-order valence-electron chi connectivity index (χ1n) is 6.22. The topological polar surface area (TPSA) is 54.5 Å². The second-order valence-electron chi connectivity index (χ2n) is 5.70. The average Bonchev–Trinajstić information content (AvgIpc) is 2.45. The van der Waals surface area contributed by atoms with Gasteiger partial charge in [-0.1, -0.05) is 0 Å². The standard InChI is InChI=1S/C16H18N2O2/c1-15(2,10-17)12-7-11(14(19)20-6)8-13(9-12)16(3,4)18-5/h7-9H,1-4,6H3. The zero-order chi connectivity index (χ0) is 15.6. The Morgan fingerprint density at radius 3 is 2.25 bits per heavy atom. The molecule has 0 saturated heterocycles. The van der Waals surface area contributed by atoms with Crippen LogP contribution < -0.4 is 0 Å². The van der Waals surface area contributed by atoms with Crippen molar-refractivity contribution >= 4 is 5.97 Å². The van der Waals surface area contributed by atoms with Crippen molar-refractivity contribution in [2.45, 2.75) is 38.6 Å². The molecule has 1 aromatic carbocycles. The first-order valence-corrected chi connectivity index (χ1v) is 6.22. The average molecular weight is 270 g/mol. The van der Waals surface area contributed by atoms with Gasteiger partial charge >= 0.3 is 5.97 Å². The Balaban J connectivity index is 3.58. The Morgan fingerprint density at radius 2 is 1.80 bits per heavy atom. The van der Waals surface area contributed by atoms with Crippen LogP contribution in [0.5, 0.6) is 0 Å². The molecule has 4 nitrogen and oxygen atoms in total. The molecule has 0 N–H and O–H groups in total. The Bertz CT molecular complexity index is 572. The molecule has 0 aliphatic carbocycles. The lowest BCUT2D eigenvalue weighted by Gasteiger charge is -2.20. The van der Waals surface area contributed by atoms with E-state index in [1.54, 1.807) is 39.8 Å². The van der Waals surface area contributed by atoms with Gasteiger partial charge in [0.05, 0.1) is 24.2 Å². The fourth-order valence-electron chi connectivity index (χ4n) is 1.71. The summed E-state index contributed by atoms with van der Waals surface area (Å²) in [6, 6.07) is 7.33. The molecule has 20 heavy (non-hydrogen) atoms. The summed E-state index contributed by atoms with van der Waals surface area (Å²) in [5.74, 6) is -0.470. The van der Waals surface area contributed by atoms with Crippen LogP contribution in [0, 0.1) is 17.9 Å². The summed E-state index contributed by atoms with van der Waals surface area (Å²) < 4.78 is 4.74. The van der Waals surface area contributed by atoms with Crippen molar-refractivity contribution < 1.29 is 9.53 Å². The van der Waals surface area contributed by atoms with Gasteiger partial charge in [0.25, 0.3) is 5.54 Å². The number of hydrogen-bond acceptors (Lipinski definition) is 3. The molecule has 0 aromatic heterocycles. The predicted octanol–water partition coefficient (Wildman–Crippen LogP) is 3.43. The second-order valence-corrected chi connectivity index (χ2v) is 5.70. The summed E-state index contributed by atoms with van der Waals surface area (Å²) in [5, 5.41) is 9.26. The van der Waals surface area contributed by atoms with Crippen LogP contribution in [0.25, 0.3) is 4.85 Å². The number of benzene rings is 1. The highest BCUT2D eigenvalue weighted by Crippen LogP contribution is 2.31. The fraction of sp³-hybridized carbons (Fsp3) is 0.438. The summed E-state index contributed by atoms with van der Waals surface area (Å²) in [6.45, 7) is 14.4. The molecule has 0 saturated carbocycles. The lowest BCUT2D eigenvalue weighted by Crippen LogP contribution is -2.19. The number of rotatable bonds is 3. The van der Waals surface area contributed by atoms with Gasteiger partial charge in [0.1, 0.15) is 0 Å². The Labute approximate surface area is 119 Å². The van der Waals surface area contributed by atoms with E-state index in [0.29, 0.717) is 16.7 Å². The molecule has 0 bridgehead atoms. The van der Waals surface area contributed by atoms with E-state index in [1.165, 1.54) is 7.11 Å². The third kappa shape index (κ3) is 2.97.